The van der Waals surface area contributed by atoms with Crippen molar-refractivity contribution >= 4 is 21.7 Å². The molecule has 21 heavy (non-hydrogen) atoms. The lowest BCUT2D eigenvalue weighted by atomic mass is 10.2. The molecule has 0 radical (unpaired) electrons. The van der Waals surface area contributed by atoms with Crippen molar-refractivity contribution < 1.29 is 27.5 Å². The van der Waals surface area contributed by atoms with E-state index in [1.807, 2.05) is 0 Å². The van der Waals surface area contributed by atoms with Crippen LogP contribution in [0.1, 0.15) is 13.3 Å². The van der Waals surface area contributed by atoms with Crippen molar-refractivity contribution in [2.45, 2.75) is 18.2 Å². The molecule has 0 spiro atoms. The Kier molecular flexibility index (Phi) is 5.83. The van der Waals surface area contributed by atoms with E-state index in [2.05, 4.69) is 5.32 Å². The van der Waals surface area contributed by atoms with Crippen molar-refractivity contribution in [1.29, 1.82) is 0 Å². The first-order chi connectivity index (χ1) is 9.72. The molecule has 0 aliphatic rings. The fourth-order valence-electron chi connectivity index (χ4n) is 1.61. The Hall–Kier alpha value is -1.96. The van der Waals surface area contributed by atoms with Gasteiger partial charge in [-0.25, -0.2) is 12.8 Å². The Morgan fingerprint density at radius 1 is 1.29 bits per heavy atom. The van der Waals surface area contributed by atoms with Crippen LogP contribution in [0, 0.1) is 11.7 Å². The highest BCUT2D eigenvalue weighted by Gasteiger charge is 2.23. The first-order valence-electron chi connectivity index (χ1n) is 6.20. The van der Waals surface area contributed by atoms with E-state index in [4.69, 9.17) is 5.11 Å². The zero-order valence-electron chi connectivity index (χ0n) is 11.4. The number of benzene rings is 1. The first-order valence-corrected chi connectivity index (χ1v) is 7.85. The normalized spacial score (nSPS) is 12.7. The van der Waals surface area contributed by atoms with Gasteiger partial charge in [0.2, 0.25) is 5.91 Å². The molecule has 0 aliphatic heterocycles. The minimum Gasteiger partial charge on any atom is -0.481 e. The molecule has 0 saturated carbocycles. The van der Waals surface area contributed by atoms with Crippen molar-refractivity contribution in [3.8, 4) is 0 Å². The maximum Gasteiger partial charge on any atom is 0.305 e. The second kappa shape index (κ2) is 7.16. The van der Waals surface area contributed by atoms with Crippen LogP contribution in [0.2, 0.25) is 0 Å². The molecule has 6 nitrogen and oxygen atoms in total. The lowest BCUT2D eigenvalue weighted by Gasteiger charge is -2.12. The van der Waals surface area contributed by atoms with Crippen molar-refractivity contribution in [1.82, 2.24) is 5.32 Å². The summed E-state index contributed by atoms with van der Waals surface area (Å²) in [4.78, 5) is 21.9. The molecule has 1 aromatic carbocycles. The number of aliphatic carboxylic acids is 1. The summed E-state index contributed by atoms with van der Waals surface area (Å²) < 4.78 is 36.9. The van der Waals surface area contributed by atoms with E-state index in [0.29, 0.717) is 0 Å². The minimum atomic E-state index is -3.71. The number of amides is 1. The van der Waals surface area contributed by atoms with E-state index in [9.17, 15) is 22.4 Å². The lowest BCUT2D eigenvalue weighted by molar-refractivity contribution is -0.137. The molecule has 1 unspecified atom stereocenters. The molecule has 1 amide bonds. The van der Waals surface area contributed by atoms with Gasteiger partial charge in [0.05, 0.1) is 17.1 Å². The number of carboxylic acid groups (broad SMARTS) is 1. The van der Waals surface area contributed by atoms with Gasteiger partial charge < -0.3 is 10.4 Å². The van der Waals surface area contributed by atoms with Gasteiger partial charge in [-0.3, -0.25) is 9.59 Å². The number of rotatable bonds is 7. The van der Waals surface area contributed by atoms with Gasteiger partial charge in [0.15, 0.2) is 9.84 Å². The quantitative estimate of drug-likeness (QED) is 0.725. The van der Waals surface area contributed by atoms with Crippen LogP contribution in [0.5, 0.6) is 0 Å². The van der Waals surface area contributed by atoms with Gasteiger partial charge in [0, 0.05) is 12.5 Å². The number of hydrogen-bond acceptors (Lipinski definition) is 4. The van der Waals surface area contributed by atoms with Crippen LogP contribution < -0.4 is 5.32 Å². The third-order valence-corrected chi connectivity index (χ3v) is 4.66. The van der Waals surface area contributed by atoms with Crippen molar-refractivity contribution in [2.75, 3.05) is 12.3 Å². The molecule has 2 N–H and O–H groups in total. The zero-order valence-corrected chi connectivity index (χ0v) is 12.2. The van der Waals surface area contributed by atoms with E-state index in [0.717, 1.165) is 24.3 Å². The highest BCUT2D eigenvalue weighted by Crippen LogP contribution is 2.15. The second-order valence-corrected chi connectivity index (χ2v) is 6.61. The number of nitrogens with one attached hydrogen (secondary N) is 1. The molecule has 1 atom stereocenters. The standard InChI is InChI=1S/C13H16FNO5S/c1-9(13(18)15-7-6-12(16)17)8-21(19,20)11-4-2-10(14)3-5-11/h2-5,9H,6-8H2,1H3,(H,15,18)(H,16,17). The largest absolute Gasteiger partial charge is 0.481 e. The predicted molar refractivity (Wildman–Crippen MR) is 72.9 cm³/mol. The summed E-state index contributed by atoms with van der Waals surface area (Å²) >= 11 is 0. The van der Waals surface area contributed by atoms with Crippen LogP contribution in [-0.4, -0.2) is 37.7 Å². The van der Waals surface area contributed by atoms with E-state index >= 15 is 0 Å². The number of sulfone groups is 1. The first kappa shape index (κ1) is 17.1. The van der Waals surface area contributed by atoms with E-state index in [-0.39, 0.29) is 17.9 Å². The van der Waals surface area contributed by atoms with Gasteiger partial charge >= 0.3 is 5.97 Å². The molecule has 0 aliphatic carbocycles. The molecule has 116 valence electrons. The van der Waals surface area contributed by atoms with E-state index in [1.165, 1.54) is 6.92 Å². The number of carbonyl (C=O) groups excluding carboxylic acids is 1. The lowest BCUT2D eigenvalue weighted by Crippen LogP contribution is -2.34. The molecule has 0 heterocycles. The van der Waals surface area contributed by atoms with Crippen LogP contribution in [0.3, 0.4) is 0 Å². The summed E-state index contributed by atoms with van der Waals surface area (Å²) in [7, 11) is -3.71. The SMILES string of the molecule is CC(CS(=O)(=O)c1ccc(F)cc1)C(=O)NCCC(=O)O. The summed E-state index contributed by atoms with van der Waals surface area (Å²) in [6.07, 6.45) is -0.233. The molecule has 0 aromatic heterocycles. The van der Waals surface area contributed by atoms with Crippen molar-refractivity contribution in [3.63, 3.8) is 0 Å². The summed E-state index contributed by atoms with van der Waals surface area (Å²) in [5, 5.41) is 10.8. The van der Waals surface area contributed by atoms with E-state index in [1.54, 1.807) is 0 Å². The Morgan fingerprint density at radius 3 is 2.38 bits per heavy atom. The molecule has 8 heteroatoms. The molecule has 0 bridgehead atoms. The topological polar surface area (TPSA) is 101 Å². The Balaban J connectivity index is 2.64. The van der Waals surface area contributed by atoms with Gasteiger partial charge in [-0.1, -0.05) is 6.92 Å². The van der Waals surface area contributed by atoms with Gasteiger partial charge in [-0.05, 0) is 24.3 Å². The van der Waals surface area contributed by atoms with Crippen molar-refractivity contribution in [3.05, 3.63) is 30.1 Å². The average Bonchev–Trinajstić information content (AvgIpc) is 2.38. The highest BCUT2D eigenvalue weighted by molar-refractivity contribution is 7.91. The predicted octanol–water partition coefficient (Wildman–Crippen LogP) is 0.826. The summed E-state index contributed by atoms with van der Waals surface area (Å²) in [5.74, 6) is -3.41. The van der Waals surface area contributed by atoms with Crippen LogP contribution in [-0.2, 0) is 19.4 Å². The number of carboxylic acids is 1. The van der Waals surface area contributed by atoms with E-state index < -0.39 is 39.2 Å². The molecular formula is C13H16FNO5S. The number of carbonyl (C=O) groups is 2. The van der Waals surface area contributed by atoms with Crippen LogP contribution in [0.15, 0.2) is 29.2 Å². The summed E-state index contributed by atoms with van der Waals surface area (Å²) in [6.45, 7) is 1.37. The molecule has 0 fully saturated rings. The van der Waals surface area contributed by atoms with Gasteiger partial charge in [0.1, 0.15) is 5.82 Å². The molecule has 1 rings (SSSR count). The Morgan fingerprint density at radius 2 is 1.86 bits per heavy atom. The fourth-order valence-corrected chi connectivity index (χ4v) is 3.16. The monoisotopic (exact) mass is 317 g/mol. The summed E-state index contributed by atoms with van der Waals surface area (Å²) in [5.41, 5.74) is 0. The van der Waals surface area contributed by atoms with Gasteiger partial charge in [0.25, 0.3) is 0 Å². The molecule has 1 aromatic rings. The maximum atomic E-state index is 12.8. The summed E-state index contributed by atoms with van der Waals surface area (Å²) in [6, 6.07) is 4.34. The van der Waals surface area contributed by atoms with Gasteiger partial charge in [-0.2, -0.15) is 0 Å². The van der Waals surface area contributed by atoms with Crippen LogP contribution in [0.25, 0.3) is 0 Å². The molecular weight excluding hydrogens is 301 g/mol. The van der Waals surface area contributed by atoms with Crippen molar-refractivity contribution in [2.24, 2.45) is 5.92 Å². The minimum absolute atomic E-state index is 0.0604. The van der Waals surface area contributed by atoms with Gasteiger partial charge in [-0.15, -0.1) is 0 Å². The average molecular weight is 317 g/mol. The van der Waals surface area contributed by atoms with Crippen LogP contribution >= 0.6 is 0 Å². The highest BCUT2D eigenvalue weighted by atomic mass is 32.2. The third kappa shape index (κ3) is 5.50. The third-order valence-electron chi connectivity index (χ3n) is 2.73. The Labute approximate surface area is 121 Å². The smallest absolute Gasteiger partial charge is 0.305 e. The molecule has 0 saturated heterocycles. The maximum absolute atomic E-state index is 12.8. The second-order valence-electron chi connectivity index (χ2n) is 4.57. The zero-order chi connectivity index (χ0) is 16.0. The number of halogens is 1. The van der Waals surface area contributed by atoms with Crippen LogP contribution in [0.4, 0.5) is 4.39 Å². The Bertz CT molecular complexity index is 612. The fraction of sp³-hybridized carbons (Fsp3) is 0.385. The number of hydrogen-bond donors (Lipinski definition) is 2.